The van der Waals surface area contributed by atoms with Crippen molar-refractivity contribution in [3.63, 3.8) is 0 Å². The number of hydrogen-bond acceptors (Lipinski definition) is 2. The summed E-state index contributed by atoms with van der Waals surface area (Å²) in [5, 5.41) is 5.56. The first-order valence-corrected chi connectivity index (χ1v) is 8.98. The minimum Gasteiger partial charge on any atom is -0.495 e. The van der Waals surface area contributed by atoms with E-state index in [-0.39, 0.29) is 12.0 Å². The topological polar surface area (TPSA) is 21.3 Å². The van der Waals surface area contributed by atoms with Gasteiger partial charge in [0.15, 0.2) is 0 Å². The number of ether oxygens (including phenoxy) is 1. The van der Waals surface area contributed by atoms with Crippen LogP contribution in [0.1, 0.15) is 29.5 Å². The molecule has 0 bridgehead atoms. The highest BCUT2D eigenvalue weighted by molar-refractivity contribution is 6.42. The molecular weight excluding hydrogens is 365 g/mol. The van der Waals surface area contributed by atoms with Crippen LogP contribution in [0.5, 0.6) is 5.75 Å². The largest absolute Gasteiger partial charge is 0.495 e. The molecular formula is C19H16Cl3NO. The second-order valence-corrected chi connectivity index (χ2v) is 7.35. The summed E-state index contributed by atoms with van der Waals surface area (Å²) in [7, 11) is 1.67. The van der Waals surface area contributed by atoms with Gasteiger partial charge in [0.25, 0.3) is 0 Å². The molecule has 3 atom stereocenters. The number of methoxy groups -OCH3 is 1. The molecule has 0 saturated heterocycles. The van der Waals surface area contributed by atoms with Gasteiger partial charge in [-0.2, -0.15) is 0 Å². The van der Waals surface area contributed by atoms with Crippen molar-refractivity contribution < 1.29 is 4.74 Å². The molecule has 1 heterocycles. The number of halogens is 3. The predicted molar refractivity (Wildman–Crippen MR) is 101 cm³/mol. The van der Waals surface area contributed by atoms with E-state index < -0.39 is 0 Å². The Morgan fingerprint density at radius 2 is 1.92 bits per heavy atom. The van der Waals surface area contributed by atoms with Crippen molar-refractivity contribution in [1.82, 2.24) is 0 Å². The molecule has 0 spiro atoms. The zero-order valence-electron chi connectivity index (χ0n) is 13.0. The molecule has 2 aromatic carbocycles. The van der Waals surface area contributed by atoms with E-state index in [9.17, 15) is 0 Å². The number of benzene rings is 2. The van der Waals surface area contributed by atoms with Crippen molar-refractivity contribution in [2.24, 2.45) is 5.92 Å². The summed E-state index contributed by atoms with van der Waals surface area (Å²) in [6.45, 7) is 0. The first-order chi connectivity index (χ1) is 11.6. The summed E-state index contributed by atoms with van der Waals surface area (Å²) in [5.74, 6) is 1.37. The lowest BCUT2D eigenvalue weighted by molar-refractivity contribution is 0.397. The fraction of sp³-hybridized carbons (Fsp3) is 0.263. The molecule has 4 rings (SSSR count). The fourth-order valence-corrected chi connectivity index (χ4v) is 4.58. The zero-order chi connectivity index (χ0) is 16.8. The molecule has 1 aliphatic carbocycles. The molecule has 24 heavy (non-hydrogen) atoms. The Morgan fingerprint density at radius 3 is 2.71 bits per heavy atom. The van der Waals surface area contributed by atoms with Crippen LogP contribution in [0, 0.1) is 5.92 Å². The predicted octanol–water partition coefficient (Wildman–Crippen LogP) is 6.48. The van der Waals surface area contributed by atoms with Gasteiger partial charge in [0.2, 0.25) is 0 Å². The number of nitrogens with one attached hydrogen (secondary N) is 1. The van der Waals surface area contributed by atoms with Crippen LogP contribution in [0.2, 0.25) is 15.1 Å². The Hall–Kier alpha value is -1.35. The maximum Gasteiger partial charge on any atom is 0.142 e. The highest BCUT2D eigenvalue weighted by atomic mass is 35.5. The van der Waals surface area contributed by atoms with Crippen LogP contribution >= 0.6 is 34.8 Å². The van der Waals surface area contributed by atoms with Gasteiger partial charge in [-0.1, -0.05) is 59.1 Å². The van der Waals surface area contributed by atoms with E-state index in [0.717, 1.165) is 34.0 Å². The van der Waals surface area contributed by atoms with Gasteiger partial charge in [0.1, 0.15) is 5.75 Å². The van der Waals surface area contributed by atoms with Crippen LogP contribution in [0.3, 0.4) is 0 Å². The van der Waals surface area contributed by atoms with Gasteiger partial charge < -0.3 is 10.1 Å². The summed E-state index contributed by atoms with van der Waals surface area (Å²) in [4.78, 5) is 0. The molecule has 124 valence electrons. The molecule has 0 unspecified atom stereocenters. The lowest BCUT2D eigenvalue weighted by atomic mass is 9.77. The minimum atomic E-state index is 0.0519. The van der Waals surface area contributed by atoms with E-state index in [0.29, 0.717) is 16.0 Å². The molecule has 0 aromatic heterocycles. The molecule has 5 heteroatoms. The van der Waals surface area contributed by atoms with Crippen LogP contribution in [0.4, 0.5) is 5.69 Å². The molecule has 0 radical (unpaired) electrons. The third kappa shape index (κ3) is 2.40. The first-order valence-electron chi connectivity index (χ1n) is 7.85. The van der Waals surface area contributed by atoms with Crippen LogP contribution < -0.4 is 10.1 Å². The van der Waals surface area contributed by atoms with Crippen molar-refractivity contribution in [3.8, 4) is 5.75 Å². The minimum absolute atomic E-state index is 0.0519. The number of rotatable bonds is 2. The van der Waals surface area contributed by atoms with Crippen molar-refractivity contribution in [2.75, 3.05) is 12.4 Å². The summed E-state index contributed by atoms with van der Waals surface area (Å²) < 4.78 is 5.55. The molecule has 0 amide bonds. The summed E-state index contributed by atoms with van der Waals surface area (Å²) in [6, 6.07) is 9.62. The molecule has 0 fully saturated rings. The fourth-order valence-electron chi connectivity index (χ4n) is 3.88. The second kappa shape index (κ2) is 6.18. The summed E-state index contributed by atoms with van der Waals surface area (Å²) >= 11 is 19.2. The number of allylic oxidation sites excluding steroid dienone is 2. The normalized spacial score (nSPS) is 24.2. The van der Waals surface area contributed by atoms with Crippen molar-refractivity contribution >= 4 is 40.5 Å². The lowest BCUT2D eigenvalue weighted by Crippen LogP contribution is -2.29. The Balaban J connectivity index is 1.89. The van der Waals surface area contributed by atoms with Crippen LogP contribution in [-0.4, -0.2) is 7.11 Å². The molecule has 2 nitrogen and oxygen atoms in total. The van der Waals surface area contributed by atoms with E-state index in [1.807, 2.05) is 30.3 Å². The monoisotopic (exact) mass is 379 g/mol. The van der Waals surface area contributed by atoms with Crippen molar-refractivity contribution in [1.29, 1.82) is 0 Å². The Morgan fingerprint density at radius 1 is 1.08 bits per heavy atom. The van der Waals surface area contributed by atoms with Crippen LogP contribution in [0.15, 0.2) is 42.5 Å². The average molecular weight is 381 g/mol. The van der Waals surface area contributed by atoms with E-state index >= 15 is 0 Å². The maximum absolute atomic E-state index is 6.51. The van der Waals surface area contributed by atoms with E-state index in [4.69, 9.17) is 39.5 Å². The molecule has 1 N–H and O–H groups in total. The molecule has 0 saturated carbocycles. The number of fused-ring (bicyclic) bond motifs is 3. The van der Waals surface area contributed by atoms with Gasteiger partial charge in [0.05, 0.1) is 28.9 Å². The van der Waals surface area contributed by atoms with Crippen molar-refractivity contribution in [2.45, 2.75) is 18.4 Å². The van der Waals surface area contributed by atoms with Crippen LogP contribution in [0.25, 0.3) is 0 Å². The number of anilines is 1. The summed E-state index contributed by atoms with van der Waals surface area (Å²) in [6.07, 6.45) is 5.42. The first kappa shape index (κ1) is 16.1. The third-order valence-corrected chi connectivity index (χ3v) is 6.13. The van der Waals surface area contributed by atoms with E-state index in [2.05, 4.69) is 17.5 Å². The smallest absolute Gasteiger partial charge is 0.142 e. The highest BCUT2D eigenvalue weighted by Gasteiger charge is 2.41. The Bertz CT molecular complexity index is 834. The summed E-state index contributed by atoms with van der Waals surface area (Å²) in [5.41, 5.74) is 3.05. The quantitative estimate of drug-likeness (QED) is 0.602. The maximum atomic E-state index is 6.51. The molecule has 2 aromatic rings. The van der Waals surface area contributed by atoms with Gasteiger partial charge >= 0.3 is 0 Å². The highest BCUT2D eigenvalue weighted by Crippen LogP contribution is 2.55. The van der Waals surface area contributed by atoms with E-state index in [1.54, 1.807) is 7.11 Å². The second-order valence-electron chi connectivity index (χ2n) is 6.16. The zero-order valence-corrected chi connectivity index (χ0v) is 15.3. The third-order valence-electron chi connectivity index (χ3n) is 4.96. The SMILES string of the molecule is COc1ccc(Cl)c2c1N[C@H](c1cccc(Cl)c1Cl)[C@@H]1CC=C[C@@H]21. The van der Waals surface area contributed by atoms with Gasteiger partial charge in [0, 0.05) is 16.5 Å². The average Bonchev–Trinajstić information content (AvgIpc) is 3.06. The molecule has 1 aliphatic heterocycles. The van der Waals surface area contributed by atoms with Crippen LogP contribution in [-0.2, 0) is 0 Å². The standard InChI is InChI=1S/C19H16Cl3NO/c1-24-15-9-8-13(20)16-10-4-2-5-11(10)18(23-19(15)16)12-6-3-7-14(21)17(12)22/h2-4,6-11,18,23H,5H2,1H3/t10-,11-,18+/m1/s1. The van der Waals surface area contributed by atoms with Gasteiger partial charge in [-0.05, 0) is 36.1 Å². The van der Waals surface area contributed by atoms with Gasteiger partial charge in [-0.25, -0.2) is 0 Å². The molecule has 2 aliphatic rings. The van der Waals surface area contributed by atoms with E-state index in [1.165, 1.54) is 0 Å². The lowest BCUT2D eigenvalue weighted by Gasteiger charge is -2.39. The Labute approximate surface area is 156 Å². The van der Waals surface area contributed by atoms with Crippen molar-refractivity contribution in [3.05, 3.63) is 68.7 Å². The van der Waals surface area contributed by atoms with Gasteiger partial charge in [-0.15, -0.1) is 0 Å². The Kier molecular flexibility index (Phi) is 4.16. The number of hydrogen-bond donors (Lipinski definition) is 1. The van der Waals surface area contributed by atoms with Gasteiger partial charge in [-0.3, -0.25) is 0 Å².